The molecular formula is C16H17NO2. The van der Waals surface area contributed by atoms with Crippen LogP contribution in [0.25, 0.3) is 0 Å². The lowest BCUT2D eigenvalue weighted by molar-refractivity contribution is 0.0697. The van der Waals surface area contributed by atoms with E-state index in [9.17, 15) is 4.79 Å². The third kappa shape index (κ3) is 3.13. The Morgan fingerprint density at radius 3 is 2.42 bits per heavy atom. The van der Waals surface area contributed by atoms with Crippen molar-refractivity contribution < 1.29 is 9.90 Å². The molecule has 0 amide bonds. The molecule has 0 heterocycles. The van der Waals surface area contributed by atoms with Crippen LogP contribution in [0.4, 0.5) is 5.69 Å². The Hall–Kier alpha value is -2.29. The molecule has 98 valence electrons. The van der Waals surface area contributed by atoms with Gasteiger partial charge in [-0.25, -0.2) is 4.79 Å². The highest BCUT2D eigenvalue weighted by Gasteiger charge is 2.09. The summed E-state index contributed by atoms with van der Waals surface area (Å²) in [7, 11) is 0. The molecule has 0 aliphatic carbocycles. The second-order valence-electron chi connectivity index (χ2n) is 4.61. The van der Waals surface area contributed by atoms with Crippen LogP contribution in [0.15, 0.2) is 48.5 Å². The summed E-state index contributed by atoms with van der Waals surface area (Å²) in [6.07, 6.45) is 0. The first kappa shape index (κ1) is 13.1. The summed E-state index contributed by atoms with van der Waals surface area (Å²) in [5.74, 6) is -0.897. The largest absolute Gasteiger partial charge is 0.478 e. The van der Waals surface area contributed by atoms with E-state index in [1.165, 1.54) is 5.56 Å². The van der Waals surface area contributed by atoms with Crippen LogP contribution in [-0.2, 0) is 0 Å². The molecule has 0 fully saturated rings. The molecule has 0 radical (unpaired) electrons. The van der Waals surface area contributed by atoms with Gasteiger partial charge in [-0.2, -0.15) is 0 Å². The van der Waals surface area contributed by atoms with E-state index >= 15 is 0 Å². The Balaban J connectivity index is 2.18. The highest BCUT2D eigenvalue weighted by atomic mass is 16.4. The van der Waals surface area contributed by atoms with Crippen LogP contribution < -0.4 is 5.32 Å². The maximum absolute atomic E-state index is 10.9. The van der Waals surface area contributed by atoms with Crippen LogP contribution in [0.3, 0.4) is 0 Å². The normalized spacial score (nSPS) is 11.9. The standard InChI is InChI=1S/C16H17NO2/c1-11-10-14(16(18)19)8-9-15(11)17-12(2)13-6-4-3-5-7-13/h3-10,12,17H,1-2H3,(H,18,19). The molecule has 0 spiro atoms. The van der Waals surface area contributed by atoms with Gasteiger partial charge in [0.25, 0.3) is 0 Å². The summed E-state index contributed by atoms with van der Waals surface area (Å²) in [4.78, 5) is 10.9. The predicted octanol–water partition coefficient (Wildman–Crippen LogP) is 3.87. The van der Waals surface area contributed by atoms with E-state index in [2.05, 4.69) is 24.4 Å². The third-order valence-electron chi connectivity index (χ3n) is 3.14. The number of anilines is 1. The first-order valence-corrected chi connectivity index (χ1v) is 6.23. The van der Waals surface area contributed by atoms with Crippen molar-refractivity contribution in [2.24, 2.45) is 0 Å². The van der Waals surface area contributed by atoms with E-state index in [0.717, 1.165) is 11.3 Å². The van der Waals surface area contributed by atoms with Gasteiger partial charge in [-0.3, -0.25) is 0 Å². The Bertz CT molecular complexity index is 579. The van der Waals surface area contributed by atoms with Crippen LogP contribution in [0.2, 0.25) is 0 Å². The van der Waals surface area contributed by atoms with Crippen molar-refractivity contribution in [3.05, 3.63) is 65.2 Å². The first-order valence-electron chi connectivity index (χ1n) is 6.23. The molecule has 0 saturated carbocycles. The Morgan fingerprint density at radius 1 is 1.16 bits per heavy atom. The lowest BCUT2D eigenvalue weighted by Gasteiger charge is -2.17. The van der Waals surface area contributed by atoms with Gasteiger partial charge in [0.15, 0.2) is 0 Å². The summed E-state index contributed by atoms with van der Waals surface area (Å²) in [6.45, 7) is 3.99. The van der Waals surface area contributed by atoms with Gasteiger partial charge in [-0.15, -0.1) is 0 Å². The Morgan fingerprint density at radius 2 is 1.84 bits per heavy atom. The minimum atomic E-state index is -0.897. The zero-order valence-corrected chi connectivity index (χ0v) is 11.1. The quantitative estimate of drug-likeness (QED) is 0.872. The number of rotatable bonds is 4. The van der Waals surface area contributed by atoms with Gasteiger partial charge in [0.05, 0.1) is 5.56 Å². The molecule has 2 aromatic carbocycles. The number of hydrogen-bond acceptors (Lipinski definition) is 2. The number of carbonyl (C=O) groups is 1. The van der Waals surface area contributed by atoms with Gasteiger partial charge in [0, 0.05) is 11.7 Å². The number of aromatic carboxylic acids is 1. The van der Waals surface area contributed by atoms with E-state index in [0.29, 0.717) is 5.56 Å². The summed E-state index contributed by atoms with van der Waals surface area (Å²) in [5.41, 5.74) is 3.41. The van der Waals surface area contributed by atoms with Crippen molar-refractivity contribution in [1.82, 2.24) is 0 Å². The zero-order valence-electron chi connectivity index (χ0n) is 11.1. The molecular weight excluding hydrogens is 238 g/mol. The highest BCUT2D eigenvalue weighted by Crippen LogP contribution is 2.22. The van der Waals surface area contributed by atoms with Crippen LogP contribution in [0.1, 0.15) is 34.5 Å². The molecule has 1 atom stereocenters. The molecule has 0 bridgehead atoms. The second-order valence-corrected chi connectivity index (χ2v) is 4.61. The molecule has 1 unspecified atom stereocenters. The number of aryl methyl sites for hydroxylation is 1. The van der Waals surface area contributed by atoms with E-state index in [1.807, 2.05) is 31.2 Å². The van der Waals surface area contributed by atoms with Crippen molar-refractivity contribution in [2.45, 2.75) is 19.9 Å². The van der Waals surface area contributed by atoms with E-state index in [4.69, 9.17) is 5.11 Å². The number of hydrogen-bond donors (Lipinski definition) is 2. The number of nitrogens with one attached hydrogen (secondary N) is 1. The monoisotopic (exact) mass is 255 g/mol. The Kier molecular flexibility index (Phi) is 3.85. The van der Waals surface area contributed by atoms with Gasteiger partial charge >= 0.3 is 5.97 Å². The highest BCUT2D eigenvalue weighted by molar-refractivity contribution is 5.88. The van der Waals surface area contributed by atoms with Gasteiger partial charge in [-0.1, -0.05) is 30.3 Å². The van der Waals surface area contributed by atoms with E-state index < -0.39 is 5.97 Å². The van der Waals surface area contributed by atoms with Gasteiger partial charge < -0.3 is 10.4 Å². The van der Waals surface area contributed by atoms with Crippen LogP contribution in [-0.4, -0.2) is 11.1 Å². The summed E-state index contributed by atoms with van der Waals surface area (Å²) in [5, 5.41) is 12.3. The second kappa shape index (κ2) is 5.57. The van der Waals surface area contributed by atoms with Crippen molar-refractivity contribution >= 4 is 11.7 Å². The van der Waals surface area contributed by atoms with Crippen LogP contribution >= 0.6 is 0 Å². The SMILES string of the molecule is Cc1cc(C(=O)O)ccc1NC(C)c1ccccc1. The zero-order chi connectivity index (χ0) is 13.8. The fourth-order valence-corrected chi connectivity index (χ4v) is 2.02. The fraction of sp³-hybridized carbons (Fsp3) is 0.188. The van der Waals surface area contributed by atoms with Crippen molar-refractivity contribution in [2.75, 3.05) is 5.32 Å². The summed E-state index contributed by atoms with van der Waals surface area (Å²) >= 11 is 0. The number of carboxylic acid groups (broad SMARTS) is 1. The number of benzene rings is 2. The molecule has 0 saturated heterocycles. The minimum absolute atomic E-state index is 0.176. The average Bonchev–Trinajstić information content (AvgIpc) is 2.41. The lowest BCUT2D eigenvalue weighted by Crippen LogP contribution is -2.08. The van der Waals surface area contributed by atoms with Crippen LogP contribution in [0, 0.1) is 6.92 Å². The van der Waals surface area contributed by atoms with Gasteiger partial charge in [0.2, 0.25) is 0 Å². The lowest BCUT2D eigenvalue weighted by atomic mass is 10.1. The van der Waals surface area contributed by atoms with Crippen molar-refractivity contribution in [1.29, 1.82) is 0 Å². The maximum atomic E-state index is 10.9. The predicted molar refractivity (Wildman–Crippen MR) is 76.6 cm³/mol. The summed E-state index contributed by atoms with van der Waals surface area (Å²) < 4.78 is 0. The van der Waals surface area contributed by atoms with Gasteiger partial charge in [-0.05, 0) is 43.2 Å². The van der Waals surface area contributed by atoms with E-state index in [-0.39, 0.29) is 6.04 Å². The van der Waals surface area contributed by atoms with Gasteiger partial charge in [0.1, 0.15) is 0 Å². The molecule has 2 N–H and O–H groups in total. The maximum Gasteiger partial charge on any atom is 0.335 e. The molecule has 2 aromatic rings. The molecule has 2 rings (SSSR count). The van der Waals surface area contributed by atoms with Crippen LogP contribution in [0.5, 0.6) is 0 Å². The molecule has 3 heteroatoms. The molecule has 0 aliphatic heterocycles. The minimum Gasteiger partial charge on any atom is -0.478 e. The fourth-order valence-electron chi connectivity index (χ4n) is 2.02. The van der Waals surface area contributed by atoms with E-state index in [1.54, 1.807) is 12.1 Å². The third-order valence-corrected chi connectivity index (χ3v) is 3.14. The summed E-state index contributed by atoms with van der Waals surface area (Å²) in [6, 6.07) is 15.4. The van der Waals surface area contributed by atoms with Crippen molar-refractivity contribution in [3.63, 3.8) is 0 Å². The Labute approximate surface area is 112 Å². The molecule has 0 aliphatic rings. The smallest absolute Gasteiger partial charge is 0.335 e. The van der Waals surface area contributed by atoms with Crippen molar-refractivity contribution in [3.8, 4) is 0 Å². The average molecular weight is 255 g/mol. The molecule has 19 heavy (non-hydrogen) atoms. The molecule has 0 aromatic heterocycles. The topological polar surface area (TPSA) is 49.3 Å². The number of carboxylic acids is 1. The first-order chi connectivity index (χ1) is 9.08. The molecule has 3 nitrogen and oxygen atoms in total.